The molecule has 2 aliphatic carbocycles. The minimum absolute atomic E-state index is 0.108. The lowest BCUT2D eigenvalue weighted by molar-refractivity contribution is -0.141. The van der Waals surface area contributed by atoms with Gasteiger partial charge in [0.25, 0.3) is 11.8 Å². The maximum atomic E-state index is 15.2. The minimum atomic E-state index is -1.46. The summed E-state index contributed by atoms with van der Waals surface area (Å²) >= 11 is 0. The number of allylic oxidation sites excluding steroid dienone is 2. The average Bonchev–Trinajstić information content (AvgIpc) is 3.45. The van der Waals surface area contributed by atoms with Crippen LogP contribution in [0.1, 0.15) is 55.7 Å². The van der Waals surface area contributed by atoms with Crippen molar-refractivity contribution in [3.8, 4) is 11.5 Å². The number of phenols is 1. The van der Waals surface area contributed by atoms with E-state index in [9.17, 15) is 19.5 Å². The number of carbonyl (C=O) groups excluding carboxylic acids is 4. The summed E-state index contributed by atoms with van der Waals surface area (Å²) in [4.78, 5) is 58.8. The van der Waals surface area contributed by atoms with Gasteiger partial charge in [-0.2, -0.15) is 5.01 Å². The third-order valence-electron chi connectivity index (χ3n) is 10.6. The molecule has 47 heavy (non-hydrogen) atoms. The van der Waals surface area contributed by atoms with Crippen LogP contribution in [0.5, 0.6) is 11.5 Å². The van der Waals surface area contributed by atoms with Gasteiger partial charge >= 0.3 is 0 Å². The van der Waals surface area contributed by atoms with Crippen LogP contribution in [0.2, 0.25) is 0 Å². The van der Waals surface area contributed by atoms with Crippen molar-refractivity contribution in [3.05, 3.63) is 101 Å². The molecule has 4 aliphatic rings. The van der Waals surface area contributed by atoms with Crippen LogP contribution in [0.15, 0.2) is 84.4 Å². The number of imide groups is 2. The van der Waals surface area contributed by atoms with Gasteiger partial charge in [0, 0.05) is 18.0 Å². The van der Waals surface area contributed by atoms with Crippen LogP contribution in [0.3, 0.4) is 0 Å². The molecule has 7 rings (SSSR count). The van der Waals surface area contributed by atoms with E-state index in [1.165, 1.54) is 4.90 Å². The van der Waals surface area contributed by atoms with Crippen molar-refractivity contribution < 1.29 is 29.0 Å². The topological polar surface area (TPSA) is 116 Å². The van der Waals surface area contributed by atoms with E-state index in [1.54, 1.807) is 18.2 Å². The van der Waals surface area contributed by atoms with Crippen molar-refractivity contribution in [1.29, 1.82) is 0 Å². The van der Waals surface area contributed by atoms with Gasteiger partial charge in [-0.3, -0.25) is 29.5 Å². The monoisotopic (exact) mass is 633 g/mol. The molecule has 6 atom stereocenters. The third kappa shape index (κ3) is 4.50. The molecule has 9 heteroatoms. The highest BCUT2D eigenvalue weighted by Crippen LogP contribution is 2.65. The Labute approximate surface area is 274 Å². The molecule has 2 saturated heterocycles. The number of phenolic OH excluding ortho intramolecular Hbond substituents is 1. The van der Waals surface area contributed by atoms with Crippen LogP contribution in [-0.2, 0) is 24.6 Å². The van der Waals surface area contributed by atoms with Gasteiger partial charge in [0.1, 0.15) is 0 Å². The zero-order chi connectivity index (χ0) is 33.0. The molecule has 0 spiro atoms. The highest BCUT2D eigenvalue weighted by atomic mass is 16.5. The van der Waals surface area contributed by atoms with Crippen molar-refractivity contribution >= 4 is 29.3 Å². The van der Waals surface area contributed by atoms with E-state index in [0.717, 1.165) is 16.1 Å². The number of amides is 4. The molecule has 242 valence electrons. The Morgan fingerprint density at radius 2 is 1.64 bits per heavy atom. The van der Waals surface area contributed by atoms with Crippen LogP contribution in [-0.4, -0.2) is 51.8 Å². The SMILES string of the molecule is CCCN1C(=O)C2CC=C3C(CC4C(=O)N(Nc5ccc(C)cc5)C(=O)C4(c4ccccc4)C3c3cccc(OCC)c3O)C2C1=O. The maximum Gasteiger partial charge on any atom is 0.260 e. The van der Waals surface area contributed by atoms with Gasteiger partial charge in [-0.25, -0.2) is 0 Å². The molecule has 9 nitrogen and oxygen atoms in total. The van der Waals surface area contributed by atoms with Crippen molar-refractivity contribution in [3.63, 3.8) is 0 Å². The number of ether oxygens (including phenoxy) is 1. The highest BCUT2D eigenvalue weighted by molar-refractivity contribution is 6.13. The van der Waals surface area contributed by atoms with Crippen LogP contribution >= 0.6 is 0 Å². The zero-order valence-electron chi connectivity index (χ0n) is 26.8. The molecule has 4 amide bonds. The normalized spacial score (nSPS) is 28.1. The third-order valence-corrected chi connectivity index (χ3v) is 10.6. The summed E-state index contributed by atoms with van der Waals surface area (Å²) in [7, 11) is 0. The summed E-state index contributed by atoms with van der Waals surface area (Å²) in [5, 5.41) is 12.9. The molecule has 0 radical (unpaired) electrons. The first-order chi connectivity index (χ1) is 22.7. The number of likely N-dealkylation sites (tertiary alicyclic amines) is 1. The van der Waals surface area contributed by atoms with E-state index in [1.807, 2.05) is 81.4 Å². The minimum Gasteiger partial charge on any atom is -0.504 e. The summed E-state index contributed by atoms with van der Waals surface area (Å²) in [5.41, 5.74) is 5.15. The van der Waals surface area contributed by atoms with E-state index >= 15 is 4.79 Å². The second-order valence-corrected chi connectivity index (χ2v) is 13.0. The van der Waals surface area contributed by atoms with Gasteiger partial charge in [0.2, 0.25) is 11.8 Å². The standard InChI is InChI=1S/C38H39N3O6/c1-4-20-40-34(43)26-19-18-25-28(31(26)36(40)45)21-29-35(44)41(39-24-16-14-22(3)15-17-24)37(46)38(29,23-10-7-6-8-11-23)32(25)27-12-9-13-30(33(27)42)47-5-2/h6-18,26,28-29,31-32,39,42H,4-5,19-21H2,1-3H3. The number of benzene rings is 3. The predicted octanol–water partition coefficient (Wildman–Crippen LogP) is 5.49. The van der Waals surface area contributed by atoms with E-state index < -0.39 is 46.8 Å². The largest absolute Gasteiger partial charge is 0.504 e. The summed E-state index contributed by atoms with van der Waals surface area (Å²) in [6.07, 6.45) is 3.19. The Bertz CT molecular complexity index is 1790. The molecule has 1 saturated carbocycles. The van der Waals surface area contributed by atoms with Gasteiger partial charge in [-0.1, -0.05) is 78.7 Å². The van der Waals surface area contributed by atoms with Gasteiger partial charge in [-0.15, -0.1) is 0 Å². The number of hydrazine groups is 1. The number of aromatic hydroxyl groups is 1. The first kappa shape index (κ1) is 30.7. The number of fused-ring (bicyclic) bond motifs is 4. The van der Waals surface area contributed by atoms with Crippen LogP contribution in [0.25, 0.3) is 0 Å². The quantitative estimate of drug-likeness (QED) is 0.249. The lowest BCUT2D eigenvalue weighted by atomic mass is 9.49. The number of nitrogens with one attached hydrogen (secondary N) is 1. The molecular formula is C38H39N3O6. The van der Waals surface area contributed by atoms with E-state index in [0.29, 0.717) is 42.8 Å². The molecule has 0 bridgehead atoms. The average molecular weight is 634 g/mol. The van der Waals surface area contributed by atoms with E-state index in [2.05, 4.69) is 5.43 Å². The molecular weight excluding hydrogens is 594 g/mol. The Morgan fingerprint density at radius 1 is 0.894 bits per heavy atom. The predicted molar refractivity (Wildman–Crippen MR) is 175 cm³/mol. The van der Waals surface area contributed by atoms with E-state index in [4.69, 9.17) is 4.74 Å². The number of rotatable bonds is 8. The first-order valence-corrected chi connectivity index (χ1v) is 16.5. The van der Waals surface area contributed by atoms with Crippen molar-refractivity contribution in [1.82, 2.24) is 9.91 Å². The first-order valence-electron chi connectivity index (χ1n) is 16.5. The van der Waals surface area contributed by atoms with Gasteiger partial charge in [0.05, 0.1) is 35.5 Å². The second-order valence-electron chi connectivity index (χ2n) is 13.0. The number of hydrogen-bond acceptors (Lipinski definition) is 7. The maximum absolute atomic E-state index is 15.2. The number of aryl methyl sites for hydroxylation is 1. The lowest BCUT2D eigenvalue weighted by Crippen LogP contribution is -2.53. The number of anilines is 1. The Balaban J connectivity index is 1.46. The summed E-state index contributed by atoms with van der Waals surface area (Å²) in [5.74, 6) is -4.44. The number of para-hydroxylation sites is 1. The highest BCUT2D eigenvalue weighted by Gasteiger charge is 2.70. The Morgan fingerprint density at radius 3 is 2.34 bits per heavy atom. The summed E-state index contributed by atoms with van der Waals surface area (Å²) in [6.45, 7) is 6.38. The molecule has 0 aromatic heterocycles. The van der Waals surface area contributed by atoms with Crippen LogP contribution in [0, 0.1) is 30.6 Å². The summed E-state index contributed by atoms with van der Waals surface area (Å²) in [6, 6.07) is 22.0. The smallest absolute Gasteiger partial charge is 0.260 e. The fourth-order valence-electron chi connectivity index (χ4n) is 8.65. The Hall–Kier alpha value is -4.92. The number of hydrogen-bond donors (Lipinski definition) is 2. The molecule has 3 aromatic rings. The van der Waals surface area contributed by atoms with Crippen LogP contribution < -0.4 is 10.2 Å². The fraction of sp³-hybridized carbons (Fsp3) is 0.368. The fourth-order valence-corrected chi connectivity index (χ4v) is 8.65. The molecule has 2 aliphatic heterocycles. The molecule has 6 unspecified atom stereocenters. The second kappa shape index (κ2) is 11.7. The number of nitrogens with zero attached hydrogens (tertiary/aromatic N) is 2. The van der Waals surface area contributed by atoms with Gasteiger partial charge in [0.15, 0.2) is 11.5 Å². The van der Waals surface area contributed by atoms with Crippen LogP contribution in [0.4, 0.5) is 5.69 Å². The molecule has 2 heterocycles. The lowest BCUT2D eigenvalue weighted by Gasteiger charge is -2.50. The van der Waals surface area contributed by atoms with Crippen molar-refractivity contribution in [2.24, 2.45) is 23.7 Å². The van der Waals surface area contributed by atoms with Gasteiger partial charge < -0.3 is 9.84 Å². The van der Waals surface area contributed by atoms with Gasteiger partial charge in [-0.05, 0) is 62.8 Å². The zero-order valence-corrected chi connectivity index (χ0v) is 26.8. The number of carbonyl (C=O) groups is 4. The molecule has 3 fully saturated rings. The Kier molecular flexibility index (Phi) is 7.65. The summed E-state index contributed by atoms with van der Waals surface area (Å²) < 4.78 is 5.80. The van der Waals surface area contributed by atoms with Crippen molar-refractivity contribution in [2.75, 3.05) is 18.6 Å². The molecule has 2 N–H and O–H groups in total. The van der Waals surface area contributed by atoms with Crippen molar-refractivity contribution in [2.45, 2.75) is 51.4 Å². The van der Waals surface area contributed by atoms with E-state index in [-0.39, 0.29) is 29.7 Å². The molecule has 3 aromatic carbocycles.